The third-order valence-corrected chi connectivity index (χ3v) is 4.81. The van der Waals surface area contributed by atoms with Gasteiger partial charge in [-0.25, -0.2) is 0 Å². The van der Waals surface area contributed by atoms with E-state index in [4.69, 9.17) is 0 Å². The van der Waals surface area contributed by atoms with Crippen LogP contribution in [0, 0.1) is 12.8 Å². The number of hydrogen-bond donors (Lipinski definition) is 1. The first kappa shape index (κ1) is 18.1. The molecule has 1 saturated heterocycles. The Morgan fingerprint density at radius 1 is 1.23 bits per heavy atom. The SMILES string of the molecule is Cc1ccc(C(=O)N2CCCC(C(=O)NCCc3cccnc3)C2)cc1. The first-order valence-electron chi connectivity index (χ1n) is 9.16. The second kappa shape index (κ2) is 8.61. The predicted octanol–water partition coefficient (Wildman–Crippen LogP) is 2.60. The average molecular weight is 351 g/mol. The maximum absolute atomic E-state index is 12.7. The van der Waals surface area contributed by atoms with Gasteiger partial charge in [0.2, 0.25) is 5.91 Å². The van der Waals surface area contributed by atoms with Gasteiger partial charge in [0.15, 0.2) is 0 Å². The predicted molar refractivity (Wildman–Crippen MR) is 101 cm³/mol. The van der Waals surface area contributed by atoms with Crippen LogP contribution in [0.5, 0.6) is 0 Å². The van der Waals surface area contributed by atoms with Crippen LogP contribution < -0.4 is 5.32 Å². The lowest BCUT2D eigenvalue weighted by molar-refractivity contribution is -0.126. The summed E-state index contributed by atoms with van der Waals surface area (Å²) in [5.41, 5.74) is 2.92. The average Bonchev–Trinajstić information content (AvgIpc) is 2.69. The van der Waals surface area contributed by atoms with E-state index < -0.39 is 0 Å². The molecule has 2 amide bonds. The summed E-state index contributed by atoms with van der Waals surface area (Å²) in [5.74, 6) is -0.0831. The van der Waals surface area contributed by atoms with E-state index in [1.807, 2.05) is 49.5 Å². The number of piperidine rings is 1. The van der Waals surface area contributed by atoms with Crippen molar-refractivity contribution >= 4 is 11.8 Å². The van der Waals surface area contributed by atoms with Crippen LogP contribution in [0.15, 0.2) is 48.8 Å². The Hall–Kier alpha value is -2.69. The van der Waals surface area contributed by atoms with E-state index in [0.717, 1.165) is 30.4 Å². The number of nitrogens with one attached hydrogen (secondary N) is 1. The summed E-state index contributed by atoms with van der Waals surface area (Å²) < 4.78 is 0. The van der Waals surface area contributed by atoms with Crippen LogP contribution in [0.3, 0.4) is 0 Å². The van der Waals surface area contributed by atoms with Crippen LogP contribution in [0.2, 0.25) is 0 Å². The molecule has 2 aromatic rings. The first-order chi connectivity index (χ1) is 12.6. The van der Waals surface area contributed by atoms with Crippen molar-refractivity contribution in [3.8, 4) is 0 Å². The molecule has 0 spiro atoms. The van der Waals surface area contributed by atoms with Crippen LogP contribution in [0.25, 0.3) is 0 Å². The Bertz CT molecular complexity index is 744. The molecule has 2 heterocycles. The minimum Gasteiger partial charge on any atom is -0.355 e. The zero-order valence-electron chi connectivity index (χ0n) is 15.1. The third kappa shape index (κ3) is 4.69. The summed E-state index contributed by atoms with van der Waals surface area (Å²) in [4.78, 5) is 31.0. The maximum atomic E-state index is 12.7. The van der Waals surface area contributed by atoms with Crippen molar-refractivity contribution in [1.29, 1.82) is 0 Å². The van der Waals surface area contributed by atoms with E-state index in [1.165, 1.54) is 0 Å². The fourth-order valence-corrected chi connectivity index (χ4v) is 3.27. The molecule has 1 aromatic heterocycles. The Kier molecular flexibility index (Phi) is 6.00. The molecule has 1 aromatic carbocycles. The van der Waals surface area contributed by atoms with Crippen molar-refractivity contribution in [3.05, 3.63) is 65.5 Å². The van der Waals surface area contributed by atoms with Gasteiger partial charge in [0, 0.05) is 37.6 Å². The molecule has 0 aliphatic carbocycles. The van der Waals surface area contributed by atoms with Gasteiger partial charge in [-0.15, -0.1) is 0 Å². The Morgan fingerprint density at radius 3 is 2.77 bits per heavy atom. The molecule has 26 heavy (non-hydrogen) atoms. The molecule has 1 aliphatic heterocycles. The van der Waals surface area contributed by atoms with Crippen molar-refractivity contribution < 1.29 is 9.59 Å². The number of benzene rings is 1. The third-order valence-electron chi connectivity index (χ3n) is 4.81. The quantitative estimate of drug-likeness (QED) is 0.901. The van der Waals surface area contributed by atoms with E-state index in [0.29, 0.717) is 25.2 Å². The van der Waals surface area contributed by atoms with Crippen LogP contribution in [-0.2, 0) is 11.2 Å². The monoisotopic (exact) mass is 351 g/mol. The summed E-state index contributed by atoms with van der Waals surface area (Å²) in [7, 11) is 0. The summed E-state index contributed by atoms with van der Waals surface area (Å²) in [6, 6.07) is 11.5. The maximum Gasteiger partial charge on any atom is 0.253 e. The van der Waals surface area contributed by atoms with Gasteiger partial charge in [-0.2, -0.15) is 0 Å². The molecule has 5 heteroatoms. The molecular formula is C21H25N3O2. The molecule has 0 bridgehead atoms. The Balaban J connectivity index is 1.51. The lowest BCUT2D eigenvalue weighted by Gasteiger charge is -2.32. The molecule has 0 saturated carbocycles. The van der Waals surface area contributed by atoms with Gasteiger partial charge in [0.1, 0.15) is 0 Å². The molecule has 0 radical (unpaired) electrons. The van der Waals surface area contributed by atoms with Crippen LogP contribution in [0.4, 0.5) is 0 Å². The molecule has 1 unspecified atom stereocenters. The van der Waals surface area contributed by atoms with Crippen LogP contribution >= 0.6 is 0 Å². The highest BCUT2D eigenvalue weighted by atomic mass is 16.2. The fourth-order valence-electron chi connectivity index (χ4n) is 3.27. The summed E-state index contributed by atoms with van der Waals surface area (Å²) in [5, 5.41) is 3.00. The lowest BCUT2D eigenvalue weighted by atomic mass is 9.96. The number of aryl methyl sites for hydroxylation is 1. The number of carbonyl (C=O) groups excluding carboxylic acids is 2. The van der Waals surface area contributed by atoms with Gasteiger partial charge in [-0.3, -0.25) is 14.6 Å². The number of pyridine rings is 1. The van der Waals surface area contributed by atoms with E-state index >= 15 is 0 Å². The highest BCUT2D eigenvalue weighted by molar-refractivity contribution is 5.94. The highest BCUT2D eigenvalue weighted by Crippen LogP contribution is 2.19. The van der Waals surface area contributed by atoms with Gasteiger partial charge in [0.05, 0.1) is 5.92 Å². The van der Waals surface area contributed by atoms with Crippen molar-refractivity contribution in [3.63, 3.8) is 0 Å². The highest BCUT2D eigenvalue weighted by Gasteiger charge is 2.28. The van der Waals surface area contributed by atoms with Crippen molar-refractivity contribution in [2.24, 2.45) is 5.92 Å². The van der Waals surface area contributed by atoms with Gasteiger partial charge < -0.3 is 10.2 Å². The van der Waals surface area contributed by atoms with Gasteiger partial charge in [0.25, 0.3) is 5.91 Å². The first-order valence-corrected chi connectivity index (χ1v) is 9.16. The number of likely N-dealkylation sites (tertiary alicyclic amines) is 1. The fraction of sp³-hybridized carbons (Fsp3) is 0.381. The molecule has 1 N–H and O–H groups in total. The second-order valence-corrected chi connectivity index (χ2v) is 6.86. The van der Waals surface area contributed by atoms with E-state index in [9.17, 15) is 9.59 Å². The summed E-state index contributed by atoms with van der Waals surface area (Å²) in [6.45, 7) is 3.80. The second-order valence-electron chi connectivity index (χ2n) is 6.86. The molecule has 5 nitrogen and oxygen atoms in total. The Morgan fingerprint density at radius 2 is 2.04 bits per heavy atom. The van der Waals surface area contributed by atoms with Crippen LogP contribution in [-0.4, -0.2) is 41.3 Å². The zero-order chi connectivity index (χ0) is 18.4. The number of amides is 2. The molecular weight excluding hydrogens is 326 g/mol. The van der Waals surface area contributed by atoms with Gasteiger partial charge in [-0.05, 0) is 49.9 Å². The topological polar surface area (TPSA) is 62.3 Å². The standard InChI is InChI=1S/C21H25N3O2/c1-16-6-8-18(9-7-16)21(26)24-13-3-5-19(15-24)20(25)23-12-10-17-4-2-11-22-14-17/h2,4,6-9,11,14,19H,3,5,10,12-13,15H2,1H3,(H,23,25). The van der Waals surface area contributed by atoms with E-state index in [2.05, 4.69) is 10.3 Å². The Labute approximate surface area is 154 Å². The summed E-state index contributed by atoms with van der Waals surface area (Å²) >= 11 is 0. The van der Waals surface area contributed by atoms with Gasteiger partial charge in [-0.1, -0.05) is 23.8 Å². The van der Waals surface area contributed by atoms with Gasteiger partial charge >= 0.3 is 0 Å². The van der Waals surface area contributed by atoms with E-state index in [-0.39, 0.29) is 17.7 Å². The normalized spacial score (nSPS) is 17.0. The number of nitrogens with zero attached hydrogens (tertiary/aromatic N) is 2. The minimum absolute atomic E-state index is 0.0119. The van der Waals surface area contributed by atoms with Crippen molar-refractivity contribution in [1.82, 2.24) is 15.2 Å². The number of carbonyl (C=O) groups is 2. The molecule has 1 aliphatic rings. The summed E-state index contributed by atoms with van der Waals surface area (Å²) in [6.07, 6.45) is 6.01. The number of aromatic nitrogens is 1. The lowest BCUT2D eigenvalue weighted by Crippen LogP contribution is -2.45. The largest absolute Gasteiger partial charge is 0.355 e. The smallest absolute Gasteiger partial charge is 0.253 e. The zero-order valence-corrected chi connectivity index (χ0v) is 15.1. The van der Waals surface area contributed by atoms with Crippen LogP contribution in [0.1, 0.15) is 34.3 Å². The minimum atomic E-state index is -0.132. The molecule has 1 fully saturated rings. The molecule has 1 atom stereocenters. The van der Waals surface area contributed by atoms with Crippen molar-refractivity contribution in [2.75, 3.05) is 19.6 Å². The van der Waals surface area contributed by atoms with E-state index in [1.54, 1.807) is 11.1 Å². The molecule has 3 rings (SSSR count). The molecule has 136 valence electrons. The number of rotatable bonds is 5. The van der Waals surface area contributed by atoms with Crippen molar-refractivity contribution in [2.45, 2.75) is 26.2 Å². The number of hydrogen-bond acceptors (Lipinski definition) is 3.